The molecular weight excluding hydrogens is 240 g/mol. The van der Waals surface area contributed by atoms with Gasteiger partial charge in [-0.15, -0.1) is 0 Å². The molecule has 96 valence electrons. The van der Waals surface area contributed by atoms with Crippen LogP contribution < -0.4 is 4.72 Å². The first kappa shape index (κ1) is 14.0. The summed E-state index contributed by atoms with van der Waals surface area (Å²) in [5.74, 6) is -0.0545. The van der Waals surface area contributed by atoms with Crippen LogP contribution in [0.25, 0.3) is 0 Å². The van der Waals surface area contributed by atoms with E-state index in [2.05, 4.69) is 4.72 Å². The van der Waals surface area contributed by atoms with Crippen LogP contribution in [0.1, 0.15) is 6.42 Å². The summed E-state index contributed by atoms with van der Waals surface area (Å²) in [6.45, 7) is 1.21. The molecule has 0 amide bonds. The highest BCUT2D eigenvalue weighted by atomic mass is 32.2. The van der Waals surface area contributed by atoms with Crippen LogP contribution in [0.15, 0.2) is 29.2 Å². The molecule has 5 nitrogen and oxygen atoms in total. The number of benzene rings is 1. The van der Waals surface area contributed by atoms with Crippen LogP contribution in [0.2, 0.25) is 0 Å². The third kappa shape index (κ3) is 4.72. The lowest BCUT2D eigenvalue weighted by molar-refractivity contribution is 0.400. The van der Waals surface area contributed by atoms with E-state index in [-0.39, 0.29) is 10.6 Å². The summed E-state index contributed by atoms with van der Waals surface area (Å²) in [6.07, 6.45) is 0.741. The quantitative estimate of drug-likeness (QED) is 0.734. The molecule has 0 spiro atoms. The molecule has 0 bridgehead atoms. The molecule has 0 atom stereocenters. The zero-order valence-corrected chi connectivity index (χ0v) is 10.9. The Hall–Kier alpha value is -1.11. The van der Waals surface area contributed by atoms with Crippen molar-refractivity contribution in [2.75, 3.05) is 27.2 Å². The van der Waals surface area contributed by atoms with E-state index in [1.54, 1.807) is 0 Å². The van der Waals surface area contributed by atoms with Crippen molar-refractivity contribution in [1.82, 2.24) is 9.62 Å². The van der Waals surface area contributed by atoms with Crippen LogP contribution >= 0.6 is 0 Å². The number of phenolic OH excluding ortho intramolecular Hbond substituents is 1. The van der Waals surface area contributed by atoms with Crippen molar-refractivity contribution in [3.8, 4) is 5.75 Å². The van der Waals surface area contributed by atoms with Gasteiger partial charge in [-0.3, -0.25) is 0 Å². The molecule has 0 fully saturated rings. The normalized spacial score (nSPS) is 11.9. The van der Waals surface area contributed by atoms with Gasteiger partial charge in [-0.1, -0.05) is 6.07 Å². The summed E-state index contributed by atoms with van der Waals surface area (Å²) in [5, 5.41) is 9.22. The van der Waals surface area contributed by atoms with Crippen molar-refractivity contribution in [2.24, 2.45) is 0 Å². The van der Waals surface area contributed by atoms with Gasteiger partial charge in [0.1, 0.15) is 5.75 Å². The van der Waals surface area contributed by atoms with E-state index in [1.165, 1.54) is 24.3 Å². The van der Waals surface area contributed by atoms with Crippen molar-refractivity contribution in [3.05, 3.63) is 24.3 Å². The smallest absolute Gasteiger partial charge is 0.240 e. The minimum absolute atomic E-state index is 0.0545. The SMILES string of the molecule is CN(C)CCCNS(=O)(=O)c1cccc(O)c1. The van der Waals surface area contributed by atoms with E-state index in [9.17, 15) is 13.5 Å². The van der Waals surface area contributed by atoms with Gasteiger partial charge >= 0.3 is 0 Å². The Morgan fingerprint density at radius 2 is 2.06 bits per heavy atom. The maximum absolute atomic E-state index is 11.8. The molecule has 0 aliphatic heterocycles. The molecule has 0 aliphatic carbocycles. The van der Waals surface area contributed by atoms with Crippen molar-refractivity contribution in [3.63, 3.8) is 0 Å². The highest BCUT2D eigenvalue weighted by molar-refractivity contribution is 7.89. The Morgan fingerprint density at radius 3 is 2.65 bits per heavy atom. The Labute approximate surface area is 102 Å². The number of phenols is 1. The zero-order valence-electron chi connectivity index (χ0n) is 10.0. The lowest BCUT2D eigenvalue weighted by atomic mass is 10.3. The number of nitrogens with zero attached hydrogens (tertiary/aromatic N) is 1. The molecule has 1 aromatic carbocycles. The predicted octanol–water partition coefficient (Wildman–Crippen LogP) is 0.622. The summed E-state index contributed by atoms with van der Waals surface area (Å²) >= 11 is 0. The van der Waals surface area contributed by atoms with Crippen LogP contribution in [0, 0.1) is 0 Å². The average molecular weight is 258 g/mol. The Kier molecular flexibility index (Phi) is 4.92. The van der Waals surface area contributed by atoms with Crippen molar-refractivity contribution < 1.29 is 13.5 Å². The van der Waals surface area contributed by atoms with Crippen molar-refractivity contribution in [1.29, 1.82) is 0 Å². The fourth-order valence-corrected chi connectivity index (χ4v) is 2.45. The molecule has 0 saturated heterocycles. The van der Waals surface area contributed by atoms with Gasteiger partial charge in [-0.25, -0.2) is 13.1 Å². The molecule has 6 heteroatoms. The number of rotatable bonds is 6. The van der Waals surface area contributed by atoms with Crippen LogP contribution in [0.5, 0.6) is 5.75 Å². The van der Waals surface area contributed by atoms with Gasteiger partial charge in [0, 0.05) is 6.54 Å². The summed E-state index contributed by atoms with van der Waals surface area (Å²) in [6, 6.07) is 5.62. The number of hydrogen-bond donors (Lipinski definition) is 2. The van der Waals surface area contributed by atoms with Crippen LogP contribution in [-0.4, -0.2) is 45.6 Å². The van der Waals surface area contributed by atoms with E-state index in [0.29, 0.717) is 6.54 Å². The Morgan fingerprint density at radius 1 is 1.35 bits per heavy atom. The second kappa shape index (κ2) is 6.00. The maximum atomic E-state index is 11.8. The Balaban J connectivity index is 2.57. The third-order valence-electron chi connectivity index (χ3n) is 2.20. The van der Waals surface area contributed by atoms with Crippen molar-refractivity contribution in [2.45, 2.75) is 11.3 Å². The predicted molar refractivity (Wildman–Crippen MR) is 66.5 cm³/mol. The van der Waals surface area contributed by atoms with Gasteiger partial charge in [0.25, 0.3) is 0 Å². The molecule has 0 heterocycles. The molecule has 1 aromatic rings. The first-order valence-electron chi connectivity index (χ1n) is 5.35. The highest BCUT2D eigenvalue weighted by Gasteiger charge is 2.13. The molecule has 1 rings (SSSR count). The molecular formula is C11H18N2O3S. The number of hydrogen-bond acceptors (Lipinski definition) is 4. The van der Waals surface area contributed by atoms with Gasteiger partial charge in [-0.2, -0.15) is 0 Å². The molecule has 0 saturated carbocycles. The minimum Gasteiger partial charge on any atom is -0.508 e. The first-order valence-corrected chi connectivity index (χ1v) is 6.83. The fourth-order valence-electron chi connectivity index (χ4n) is 1.34. The highest BCUT2D eigenvalue weighted by Crippen LogP contribution is 2.15. The number of nitrogens with one attached hydrogen (secondary N) is 1. The molecule has 0 radical (unpaired) electrons. The van der Waals surface area contributed by atoms with Gasteiger partial charge in [0.15, 0.2) is 0 Å². The van der Waals surface area contributed by atoms with Crippen LogP contribution in [0.4, 0.5) is 0 Å². The molecule has 0 aliphatic rings. The van der Waals surface area contributed by atoms with Crippen LogP contribution in [-0.2, 0) is 10.0 Å². The summed E-state index contributed by atoms with van der Waals surface area (Å²) in [5.41, 5.74) is 0. The number of aromatic hydroxyl groups is 1. The third-order valence-corrected chi connectivity index (χ3v) is 3.66. The minimum atomic E-state index is -3.51. The van der Waals surface area contributed by atoms with Gasteiger partial charge < -0.3 is 10.0 Å². The second-order valence-electron chi connectivity index (χ2n) is 4.05. The van der Waals surface area contributed by atoms with Gasteiger partial charge in [0.2, 0.25) is 10.0 Å². The topological polar surface area (TPSA) is 69.6 Å². The number of sulfonamides is 1. The van der Waals surface area contributed by atoms with Gasteiger partial charge in [-0.05, 0) is 45.3 Å². The molecule has 2 N–H and O–H groups in total. The summed E-state index contributed by atoms with van der Waals surface area (Å²) in [4.78, 5) is 2.07. The molecule has 0 unspecified atom stereocenters. The zero-order chi connectivity index (χ0) is 12.9. The molecule has 17 heavy (non-hydrogen) atoms. The van der Waals surface area contributed by atoms with Crippen molar-refractivity contribution >= 4 is 10.0 Å². The lowest BCUT2D eigenvalue weighted by Gasteiger charge is -2.10. The van der Waals surface area contributed by atoms with E-state index >= 15 is 0 Å². The van der Waals surface area contributed by atoms with E-state index in [1.807, 2.05) is 19.0 Å². The van der Waals surface area contributed by atoms with Crippen LogP contribution in [0.3, 0.4) is 0 Å². The van der Waals surface area contributed by atoms with E-state index in [0.717, 1.165) is 13.0 Å². The molecule has 0 aromatic heterocycles. The van der Waals surface area contributed by atoms with Gasteiger partial charge in [0.05, 0.1) is 4.90 Å². The monoisotopic (exact) mass is 258 g/mol. The van der Waals surface area contributed by atoms with E-state index in [4.69, 9.17) is 0 Å². The average Bonchev–Trinajstić information content (AvgIpc) is 2.24. The largest absolute Gasteiger partial charge is 0.508 e. The Bertz CT molecular complexity index is 458. The lowest BCUT2D eigenvalue weighted by Crippen LogP contribution is -2.27. The fraction of sp³-hybridized carbons (Fsp3) is 0.455. The maximum Gasteiger partial charge on any atom is 0.240 e. The summed E-state index contributed by atoms with van der Waals surface area (Å²) < 4.78 is 26.1. The summed E-state index contributed by atoms with van der Waals surface area (Å²) in [7, 11) is 0.359. The second-order valence-corrected chi connectivity index (χ2v) is 5.82. The first-order chi connectivity index (χ1) is 7.92. The van der Waals surface area contributed by atoms with E-state index < -0.39 is 10.0 Å². The standard InChI is InChI=1S/C11H18N2O3S/c1-13(2)8-4-7-12-17(15,16)11-6-3-5-10(14)9-11/h3,5-6,9,12,14H,4,7-8H2,1-2H3.